The van der Waals surface area contributed by atoms with Crippen LogP contribution in [0.1, 0.15) is 17.8 Å². The average Bonchev–Trinajstić information content (AvgIpc) is 0.776. The second-order valence-electron chi connectivity index (χ2n) is 19.6. The maximum Gasteiger partial charge on any atom is 0.238 e. The molecule has 0 amide bonds. The van der Waals surface area contributed by atoms with E-state index >= 15 is 0 Å². The van der Waals surface area contributed by atoms with Crippen LogP contribution in [0.2, 0.25) is 0 Å². The van der Waals surface area contributed by atoms with Crippen molar-refractivity contribution in [3.05, 3.63) is 327 Å². The summed E-state index contributed by atoms with van der Waals surface area (Å²) in [6.45, 7) is 0. The lowest BCUT2D eigenvalue weighted by molar-refractivity contribution is 0.953. The fraction of sp³-hybridized carbons (Fsp3) is 0. The smallest absolute Gasteiger partial charge is 0.238 e. The monoisotopic (exact) mass is 1080 g/mol. The highest BCUT2D eigenvalue weighted by Gasteiger charge is 2.46. The predicted octanol–water partition coefficient (Wildman–Crippen LogP) is 12.4. The fourth-order valence-corrected chi connectivity index (χ4v) is 20.9. The molecule has 0 aliphatic rings. The first-order valence-electron chi connectivity index (χ1n) is 33.1. The SMILES string of the molecule is [2H]c1c([2H])c([2H])c(-c2cccc([Si](c3ccccc3)(c3ccccc3)c3c([2H])c(-c4nc(-c5ccccc5)nc(-n5c6ccccc6c6ccccc65)n4)c([2H])c([Si](c4ccccc4)(c4ccccc4)c4cccc(-c5c([2H])c([2H])c([2H])c([2H])c5[2H])c4)c3[2H])c2)c([2H])c1[2H]. The van der Waals surface area contributed by atoms with E-state index in [0.717, 1.165) is 21.8 Å². The molecule has 0 aliphatic carbocycles. The Kier molecular flexibility index (Phi) is 9.68. The average molecular weight is 1080 g/mol. The molecule has 14 aromatic rings. The van der Waals surface area contributed by atoms with Gasteiger partial charge in [-0.15, -0.1) is 0 Å². The normalized spacial score (nSPS) is 14.0. The van der Waals surface area contributed by atoms with Gasteiger partial charge in [-0.1, -0.05) is 315 Å². The molecule has 0 saturated heterocycles. The number of fused-ring (bicyclic) bond motifs is 3. The lowest BCUT2D eigenvalue weighted by Gasteiger charge is -2.38. The summed E-state index contributed by atoms with van der Waals surface area (Å²) in [5.41, 5.74) is 2.70. The molecule has 0 fully saturated rings. The van der Waals surface area contributed by atoms with Crippen molar-refractivity contribution in [2.24, 2.45) is 0 Å². The zero-order valence-corrected chi connectivity index (χ0v) is 45.5. The summed E-state index contributed by atoms with van der Waals surface area (Å²) >= 11 is 0. The molecule has 2 aromatic heterocycles. The zero-order valence-electron chi connectivity index (χ0n) is 56.5. The maximum atomic E-state index is 11.8. The predicted molar refractivity (Wildman–Crippen MR) is 343 cm³/mol. The van der Waals surface area contributed by atoms with Crippen molar-refractivity contribution in [1.29, 1.82) is 0 Å². The number of benzene rings is 12. The van der Waals surface area contributed by atoms with Crippen LogP contribution in [0.3, 0.4) is 0 Å². The van der Waals surface area contributed by atoms with Crippen LogP contribution in [0.4, 0.5) is 0 Å². The number of para-hydroxylation sites is 2. The number of nitrogens with zero attached hydrogens (tertiary/aromatic N) is 4. The molecule has 0 N–H and O–H groups in total. The summed E-state index contributed by atoms with van der Waals surface area (Å²) < 4.78 is 126. The van der Waals surface area contributed by atoms with Crippen LogP contribution in [0.25, 0.3) is 72.8 Å². The summed E-state index contributed by atoms with van der Waals surface area (Å²) in [5.74, 6) is 0.387. The quantitative estimate of drug-likeness (QED) is 0.0854. The van der Waals surface area contributed by atoms with Gasteiger partial charge in [0.1, 0.15) is 0 Å². The van der Waals surface area contributed by atoms with Crippen molar-refractivity contribution in [3.63, 3.8) is 0 Å². The van der Waals surface area contributed by atoms with Gasteiger partial charge in [-0.05, 0) is 75.9 Å². The van der Waals surface area contributed by atoms with E-state index in [9.17, 15) is 9.60 Å². The van der Waals surface area contributed by atoms with E-state index in [2.05, 4.69) is 0 Å². The molecule has 4 nitrogen and oxygen atoms in total. The largest absolute Gasteiger partial charge is 0.278 e. The van der Waals surface area contributed by atoms with Gasteiger partial charge in [0.2, 0.25) is 5.95 Å². The van der Waals surface area contributed by atoms with E-state index in [4.69, 9.17) is 23.2 Å². The summed E-state index contributed by atoms with van der Waals surface area (Å²) in [7, 11) is -8.83. The Labute approximate surface area is 493 Å². The lowest BCUT2D eigenvalue weighted by Crippen LogP contribution is -2.78. The first-order chi connectivity index (χ1) is 45.6. The van der Waals surface area contributed by atoms with Crippen molar-refractivity contribution in [2.75, 3.05) is 0 Å². The Balaban J connectivity index is 1.22. The van der Waals surface area contributed by atoms with Gasteiger partial charge in [0.25, 0.3) is 0 Å². The summed E-state index contributed by atoms with van der Waals surface area (Å²) in [6.07, 6.45) is 0. The van der Waals surface area contributed by atoms with Crippen LogP contribution in [0.15, 0.2) is 327 Å². The van der Waals surface area contributed by atoms with Gasteiger partial charge in [-0.2, -0.15) is 9.97 Å². The summed E-state index contributed by atoms with van der Waals surface area (Å²) in [4.78, 5) is 16.1. The minimum Gasteiger partial charge on any atom is -0.278 e. The molecule has 0 spiro atoms. The third kappa shape index (κ3) is 8.75. The highest BCUT2D eigenvalue weighted by molar-refractivity contribution is 7.22. The van der Waals surface area contributed by atoms with Gasteiger partial charge in [0.05, 0.1) is 28.9 Å². The topological polar surface area (TPSA) is 43.6 Å². The molecule has 2 heterocycles. The Hall–Kier alpha value is -10.1. The first-order valence-corrected chi connectivity index (χ1v) is 30.6. The van der Waals surface area contributed by atoms with Crippen LogP contribution in [-0.2, 0) is 0 Å². The van der Waals surface area contributed by atoms with Crippen LogP contribution in [0.5, 0.6) is 0 Å². The molecule has 0 radical (unpaired) electrons. The van der Waals surface area contributed by atoms with E-state index in [-0.39, 0.29) is 62.8 Å². The molecule has 0 aliphatic heterocycles. The van der Waals surface area contributed by atoms with E-state index in [1.165, 1.54) is 0 Å². The molecular weight excluding hydrogens is 1010 g/mol. The second kappa shape index (κ2) is 21.3. The van der Waals surface area contributed by atoms with E-state index < -0.39 is 76.6 Å². The van der Waals surface area contributed by atoms with Gasteiger partial charge in [-0.25, -0.2) is 4.98 Å². The molecule has 12 aromatic carbocycles. The van der Waals surface area contributed by atoms with Gasteiger partial charge in [-0.3, -0.25) is 4.57 Å². The van der Waals surface area contributed by atoms with Crippen LogP contribution in [0, 0.1) is 0 Å². The first kappa shape index (κ1) is 36.9. The van der Waals surface area contributed by atoms with Crippen molar-refractivity contribution in [1.82, 2.24) is 19.5 Å². The molecule has 0 saturated carbocycles. The fourth-order valence-electron chi connectivity index (χ4n) is 11.6. The van der Waals surface area contributed by atoms with Gasteiger partial charge in [0, 0.05) is 21.9 Å². The maximum absolute atomic E-state index is 11.8. The van der Waals surface area contributed by atoms with Gasteiger partial charge < -0.3 is 0 Å². The third-order valence-electron chi connectivity index (χ3n) is 15.2. The van der Waals surface area contributed by atoms with Crippen LogP contribution < -0.4 is 41.5 Å². The molecule has 0 unspecified atom stereocenters. The molecule has 6 heteroatoms. The van der Waals surface area contributed by atoms with Gasteiger partial charge >= 0.3 is 0 Å². The minimum atomic E-state index is -4.41. The van der Waals surface area contributed by atoms with Gasteiger partial charge in [0.15, 0.2) is 27.8 Å². The molecule has 81 heavy (non-hydrogen) atoms. The van der Waals surface area contributed by atoms with Crippen molar-refractivity contribution >= 4 is 79.4 Å². The molecular formula is C75H54N4Si2. The molecule has 382 valence electrons. The van der Waals surface area contributed by atoms with Crippen molar-refractivity contribution < 1.29 is 17.8 Å². The number of hydrogen-bond donors (Lipinski definition) is 0. The van der Waals surface area contributed by atoms with Crippen molar-refractivity contribution in [3.8, 4) is 51.0 Å². The standard InChI is InChI=1S/C75H54N4Si2/c1-8-28-55(29-9-1)58-34-26-44-65(50-58)80(61-36-14-4-15-37-61,62-38-16-5-17-39-62)67-52-60(74-76-73(57-32-12-3-13-33-57)77-75(78-74)79-71-48-24-22-46-69(71)70-47-23-25-49-72(70)79)53-68(54-67)81(63-40-18-6-19-41-63,64-42-20-7-21-43-64)66-45-27-35-59(51-66)56-30-10-2-11-31-56/h1-54H/i1D,2D,8D,9D,10D,11D,28D,29D,30D,31D,52D,53D,54D. The molecule has 0 atom stereocenters. The van der Waals surface area contributed by atoms with Crippen molar-refractivity contribution in [2.45, 2.75) is 0 Å². The summed E-state index contributed by atoms with van der Waals surface area (Å²) in [5, 5.41) is 6.28. The van der Waals surface area contributed by atoms with E-state index in [1.54, 1.807) is 24.3 Å². The Morgan fingerprint density at radius 3 is 1.04 bits per heavy atom. The highest BCUT2D eigenvalue weighted by atomic mass is 28.3. The molecule has 14 rings (SSSR count). The number of rotatable bonds is 13. The number of hydrogen-bond acceptors (Lipinski definition) is 3. The Morgan fingerprint density at radius 1 is 0.272 bits per heavy atom. The second-order valence-corrected chi connectivity index (χ2v) is 27.1. The Bertz CT molecular complexity index is 4900. The lowest BCUT2D eigenvalue weighted by atomic mass is 10.1. The van der Waals surface area contributed by atoms with Crippen LogP contribution in [-0.4, -0.2) is 35.7 Å². The highest BCUT2D eigenvalue weighted by Crippen LogP contribution is 2.33. The zero-order chi connectivity index (χ0) is 65.3. The van der Waals surface area contributed by atoms with Crippen LogP contribution >= 0.6 is 0 Å². The summed E-state index contributed by atoms with van der Waals surface area (Å²) in [6, 6.07) is 73.0. The molecule has 0 bridgehead atoms. The number of aromatic nitrogens is 4. The van der Waals surface area contributed by atoms with E-state index in [1.807, 2.05) is 229 Å². The third-order valence-corrected chi connectivity index (χ3v) is 24.3. The van der Waals surface area contributed by atoms with E-state index in [0.29, 0.717) is 47.8 Å². The minimum absolute atomic E-state index is 0.0291. The Morgan fingerprint density at radius 2 is 0.617 bits per heavy atom.